The fraction of sp³-hybridized carbons (Fsp3) is 0.619. The minimum atomic E-state index is -3.37. The molecule has 0 spiro atoms. The molecule has 1 aromatic rings. The number of aliphatic carboxylic acids is 1. The van der Waals surface area contributed by atoms with Gasteiger partial charge >= 0.3 is 5.97 Å². The van der Waals surface area contributed by atoms with Crippen LogP contribution in [-0.4, -0.2) is 68.4 Å². The van der Waals surface area contributed by atoms with Crippen LogP contribution in [0.2, 0.25) is 0 Å². The van der Waals surface area contributed by atoms with Gasteiger partial charge in [0.05, 0.1) is 31.8 Å². The summed E-state index contributed by atoms with van der Waals surface area (Å²) in [4.78, 5) is 21.1. The number of nitrogens with one attached hydrogen (secondary N) is 1. The molecular formula is C21H36N2O8S. The van der Waals surface area contributed by atoms with E-state index in [-0.39, 0.29) is 23.3 Å². The zero-order valence-electron chi connectivity index (χ0n) is 19.3. The summed E-state index contributed by atoms with van der Waals surface area (Å²) in [6.45, 7) is 7.06. The maximum absolute atomic E-state index is 11.7. The van der Waals surface area contributed by atoms with Crippen LogP contribution in [0, 0.1) is 5.92 Å². The van der Waals surface area contributed by atoms with Gasteiger partial charge in [-0.1, -0.05) is 19.9 Å². The van der Waals surface area contributed by atoms with Gasteiger partial charge in [0, 0.05) is 13.0 Å². The molecule has 0 saturated heterocycles. The molecule has 0 bridgehead atoms. The highest BCUT2D eigenvalue weighted by molar-refractivity contribution is 7.91. The molecule has 0 aliphatic rings. The molecule has 0 unspecified atom stereocenters. The van der Waals surface area contributed by atoms with Gasteiger partial charge in [-0.15, -0.1) is 0 Å². The second-order valence-electron chi connectivity index (χ2n) is 7.51. The van der Waals surface area contributed by atoms with Crippen molar-refractivity contribution in [3.8, 4) is 11.5 Å². The van der Waals surface area contributed by atoms with E-state index in [1.807, 2.05) is 20.8 Å². The first-order valence-corrected chi connectivity index (χ1v) is 12.1. The topological polar surface area (TPSA) is 165 Å². The predicted molar refractivity (Wildman–Crippen MR) is 122 cm³/mol. The molecule has 0 aliphatic heterocycles. The van der Waals surface area contributed by atoms with E-state index in [9.17, 15) is 18.0 Å². The van der Waals surface area contributed by atoms with E-state index < -0.39 is 34.5 Å². The Morgan fingerprint density at radius 2 is 1.84 bits per heavy atom. The third kappa shape index (κ3) is 11.9. The number of carbonyl (C=O) groups excluding carboxylic acids is 1. The molecule has 0 heterocycles. The van der Waals surface area contributed by atoms with Crippen molar-refractivity contribution in [3.63, 3.8) is 0 Å². The second kappa shape index (κ2) is 14.6. The number of hydrogen-bond donors (Lipinski definition) is 4. The number of carbonyl (C=O) groups is 2. The van der Waals surface area contributed by atoms with E-state index in [2.05, 4.69) is 5.32 Å². The van der Waals surface area contributed by atoms with Crippen molar-refractivity contribution in [2.45, 2.75) is 46.2 Å². The van der Waals surface area contributed by atoms with Gasteiger partial charge in [-0.25, -0.2) is 13.2 Å². The monoisotopic (exact) mass is 476 g/mol. The summed E-state index contributed by atoms with van der Waals surface area (Å²) < 4.78 is 33.9. The fourth-order valence-corrected chi connectivity index (χ4v) is 3.91. The maximum atomic E-state index is 11.7. The Kier molecular flexibility index (Phi) is 13.6. The number of benzene rings is 1. The lowest BCUT2D eigenvalue weighted by molar-refractivity contribution is -0.142. The molecule has 184 valence electrons. The van der Waals surface area contributed by atoms with Gasteiger partial charge in [0.15, 0.2) is 21.3 Å². The number of ether oxygens (including phenoxy) is 2. The minimum absolute atomic E-state index is 0.217. The molecule has 1 rings (SSSR count). The number of carboxylic acids is 1. The van der Waals surface area contributed by atoms with Crippen LogP contribution in [0.25, 0.3) is 0 Å². The molecule has 0 radical (unpaired) electrons. The normalized spacial score (nSPS) is 12.9. The van der Waals surface area contributed by atoms with Gasteiger partial charge in [-0.2, -0.15) is 0 Å². The number of hydrogen-bond acceptors (Lipinski definition) is 8. The second-order valence-corrected chi connectivity index (χ2v) is 9.74. The Balaban J connectivity index is 0.000000687. The molecular weight excluding hydrogens is 440 g/mol. The lowest BCUT2D eigenvalue weighted by Crippen LogP contribution is -2.40. The number of aliphatic hydroxyl groups excluding tert-OH is 1. The largest absolute Gasteiger partial charge is 0.493 e. The highest BCUT2D eigenvalue weighted by Crippen LogP contribution is 2.30. The van der Waals surface area contributed by atoms with E-state index >= 15 is 0 Å². The van der Waals surface area contributed by atoms with Crippen molar-refractivity contribution >= 4 is 21.7 Å². The number of aliphatic hydroxyl groups is 1. The van der Waals surface area contributed by atoms with Crippen molar-refractivity contribution in [3.05, 3.63) is 23.8 Å². The number of sulfone groups is 1. The van der Waals surface area contributed by atoms with E-state index in [0.717, 1.165) is 0 Å². The molecule has 32 heavy (non-hydrogen) atoms. The molecule has 2 atom stereocenters. The minimum Gasteiger partial charge on any atom is -0.493 e. The van der Waals surface area contributed by atoms with Gasteiger partial charge < -0.3 is 30.7 Å². The third-order valence-corrected chi connectivity index (χ3v) is 5.81. The van der Waals surface area contributed by atoms with Crippen molar-refractivity contribution < 1.29 is 37.7 Å². The Morgan fingerprint density at radius 1 is 1.22 bits per heavy atom. The van der Waals surface area contributed by atoms with Gasteiger partial charge in [0.25, 0.3) is 0 Å². The predicted octanol–water partition coefficient (Wildman–Crippen LogP) is 1.12. The van der Waals surface area contributed by atoms with E-state index in [4.69, 9.17) is 25.4 Å². The van der Waals surface area contributed by atoms with Gasteiger partial charge in [0.1, 0.15) is 6.04 Å². The zero-order chi connectivity index (χ0) is 24.9. The third-order valence-electron chi connectivity index (χ3n) is 4.13. The van der Waals surface area contributed by atoms with Crippen LogP contribution < -0.4 is 20.5 Å². The molecule has 5 N–H and O–H groups in total. The molecule has 0 saturated carbocycles. The van der Waals surface area contributed by atoms with Gasteiger partial charge in [-0.05, 0) is 37.0 Å². The lowest BCUT2D eigenvalue weighted by atomic mass is 10.0. The first kappa shape index (κ1) is 29.6. The number of carboxylic acid groups (broad SMARTS) is 1. The van der Waals surface area contributed by atoms with E-state index in [1.165, 1.54) is 14.0 Å². The summed E-state index contributed by atoms with van der Waals surface area (Å²) >= 11 is 0. The zero-order valence-corrected chi connectivity index (χ0v) is 20.1. The van der Waals surface area contributed by atoms with Crippen molar-refractivity contribution in [1.29, 1.82) is 0 Å². The fourth-order valence-electron chi connectivity index (χ4n) is 2.72. The summed E-state index contributed by atoms with van der Waals surface area (Å²) in [6, 6.07) is 3.67. The molecule has 10 nitrogen and oxygen atoms in total. The lowest BCUT2D eigenvalue weighted by Gasteiger charge is -2.15. The summed E-state index contributed by atoms with van der Waals surface area (Å²) in [5.74, 6) is -0.413. The first-order chi connectivity index (χ1) is 14.9. The van der Waals surface area contributed by atoms with Crippen LogP contribution in [0.1, 0.15) is 45.7 Å². The van der Waals surface area contributed by atoms with Crippen LogP contribution in [0.5, 0.6) is 11.5 Å². The standard InChI is InChI=1S/C13H21NO5S.C8H15NO3/c1-3-19-13-8-10(4-5-12(13)18-2)11(14)9-20(16,17)7-6-15;1-5(2)4-7(8(11)12)9-6(3)10/h4-5,8,11,15H,3,6-7,9,14H2,1-2H3;5,7H,4H2,1-3H3,(H,9,10)(H,11,12)/t11-;7-/m10/s1. The summed E-state index contributed by atoms with van der Waals surface area (Å²) in [5, 5.41) is 19.7. The van der Waals surface area contributed by atoms with Crippen LogP contribution >= 0.6 is 0 Å². The molecule has 1 aromatic carbocycles. The average Bonchev–Trinajstić information content (AvgIpc) is 2.67. The van der Waals surface area contributed by atoms with Crippen LogP contribution in [0.3, 0.4) is 0 Å². The van der Waals surface area contributed by atoms with Gasteiger partial charge in [-0.3, -0.25) is 4.79 Å². The van der Waals surface area contributed by atoms with E-state index in [0.29, 0.717) is 30.1 Å². The van der Waals surface area contributed by atoms with Crippen molar-refractivity contribution in [2.75, 3.05) is 31.8 Å². The quantitative estimate of drug-likeness (QED) is 0.346. The Labute approximate surface area is 190 Å². The van der Waals surface area contributed by atoms with Gasteiger partial charge in [0.2, 0.25) is 5.91 Å². The van der Waals surface area contributed by atoms with Crippen LogP contribution in [0.4, 0.5) is 0 Å². The van der Waals surface area contributed by atoms with Crippen molar-refractivity contribution in [2.24, 2.45) is 11.7 Å². The number of methoxy groups -OCH3 is 1. The Morgan fingerprint density at radius 3 is 2.28 bits per heavy atom. The maximum Gasteiger partial charge on any atom is 0.326 e. The smallest absolute Gasteiger partial charge is 0.326 e. The molecule has 1 amide bonds. The first-order valence-electron chi connectivity index (χ1n) is 10.2. The Hall–Kier alpha value is -2.37. The molecule has 0 fully saturated rings. The average molecular weight is 477 g/mol. The Bertz CT molecular complexity index is 827. The van der Waals surface area contributed by atoms with Crippen LogP contribution in [-0.2, 0) is 19.4 Å². The summed E-state index contributed by atoms with van der Waals surface area (Å²) in [5.41, 5.74) is 6.56. The molecule has 11 heteroatoms. The van der Waals surface area contributed by atoms with E-state index in [1.54, 1.807) is 18.2 Å². The number of amides is 1. The SMILES string of the molecule is CC(=O)N[C@@H](CC(C)C)C(=O)O.CCOc1cc([C@H](N)CS(=O)(=O)CCO)ccc1OC. The summed E-state index contributed by atoms with van der Waals surface area (Å²) in [6.07, 6.45) is 0.467. The number of rotatable bonds is 12. The highest BCUT2D eigenvalue weighted by atomic mass is 32.2. The van der Waals surface area contributed by atoms with Crippen molar-refractivity contribution in [1.82, 2.24) is 5.32 Å². The number of nitrogens with two attached hydrogens (primary N) is 1. The van der Waals surface area contributed by atoms with Crippen LogP contribution in [0.15, 0.2) is 18.2 Å². The molecule has 0 aromatic heterocycles. The highest BCUT2D eigenvalue weighted by Gasteiger charge is 2.19. The summed E-state index contributed by atoms with van der Waals surface area (Å²) in [7, 11) is -1.84. The molecule has 0 aliphatic carbocycles.